The zero-order valence-electron chi connectivity index (χ0n) is 9.66. The molecule has 1 atom stereocenters. The number of hydrogen-bond acceptors (Lipinski definition) is 2. The molecule has 1 aliphatic carbocycles. The second kappa shape index (κ2) is 5.86. The van der Waals surface area contributed by atoms with Crippen LogP contribution in [0.15, 0.2) is 0 Å². The highest BCUT2D eigenvalue weighted by molar-refractivity contribution is 4.76. The summed E-state index contributed by atoms with van der Waals surface area (Å²) in [4.78, 5) is 0. The smallest absolute Gasteiger partial charge is 0.0568 e. The van der Waals surface area contributed by atoms with Gasteiger partial charge in [-0.3, -0.25) is 0 Å². The quantitative estimate of drug-likeness (QED) is 0.776. The lowest BCUT2D eigenvalue weighted by molar-refractivity contribution is 0.0492. The van der Waals surface area contributed by atoms with Crippen molar-refractivity contribution in [2.75, 3.05) is 13.2 Å². The minimum absolute atomic E-state index is 0.0182. The number of aliphatic hydroxyl groups excluding tert-OH is 1. The van der Waals surface area contributed by atoms with Crippen LogP contribution in [-0.4, -0.2) is 24.4 Å². The van der Waals surface area contributed by atoms with Crippen LogP contribution in [0.3, 0.4) is 0 Å². The molecule has 2 fully saturated rings. The van der Waals surface area contributed by atoms with Crippen LogP contribution in [0.5, 0.6) is 0 Å². The Labute approximate surface area is 93.0 Å². The van der Waals surface area contributed by atoms with Crippen LogP contribution in [0, 0.1) is 11.8 Å². The fourth-order valence-electron chi connectivity index (χ4n) is 3.02. The monoisotopic (exact) mass is 212 g/mol. The van der Waals surface area contributed by atoms with E-state index in [9.17, 15) is 5.11 Å². The molecule has 1 aliphatic heterocycles. The van der Waals surface area contributed by atoms with E-state index in [1.165, 1.54) is 44.9 Å². The topological polar surface area (TPSA) is 29.5 Å². The van der Waals surface area contributed by atoms with Crippen LogP contribution in [-0.2, 0) is 4.74 Å². The molecule has 0 spiro atoms. The molecule has 0 radical (unpaired) electrons. The third-order valence-corrected chi connectivity index (χ3v) is 4.16. The summed E-state index contributed by atoms with van der Waals surface area (Å²) in [6.45, 7) is 1.87. The third-order valence-electron chi connectivity index (χ3n) is 4.16. The molecule has 1 unspecified atom stereocenters. The van der Waals surface area contributed by atoms with Crippen LogP contribution < -0.4 is 0 Å². The fourth-order valence-corrected chi connectivity index (χ4v) is 3.02. The van der Waals surface area contributed by atoms with Crippen molar-refractivity contribution in [3.8, 4) is 0 Å². The molecule has 1 N–H and O–H groups in total. The van der Waals surface area contributed by atoms with Crippen LogP contribution in [0.1, 0.15) is 51.4 Å². The Balaban J connectivity index is 1.63. The number of ether oxygens (including phenoxy) is 1. The molecule has 2 heteroatoms. The zero-order valence-corrected chi connectivity index (χ0v) is 9.66. The minimum Gasteiger partial charge on any atom is -0.393 e. The highest BCUT2D eigenvalue weighted by Crippen LogP contribution is 2.31. The van der Waals surface area contributed by atoms with E-state index in [1.54, 1.807) is 0 Å². The lowest BCUT2D eigenvalue weighted by Crippen LogP contribution is -2.21. The molecular formula is C13H24O2. The van der Waals surface area contributed by atoms with Gasteiger partial charge in [0.1, 0.15) is 0 Å². The predicted octanol–water partition coefficient (Wildman–Crippen LogP) is 2.74. The SMILES string of the molecule is OC(CCC1CCOCC1)C1CCCC1. The second-order valence-electron chi connectivity index (χ2n) is 5.24. The van der Waals surface area contributed by atoms with E-state index in [2.05, 4.69) is 0 Å². The summed E-state index contributed by atoms with van der Waals surface area (Å²) >= 11 is 0. The molecule has 88 valence electrons. The van der Waals surface area contributed by atoms with Gasteiger partial charge in [0, 0.05) is 13.2 Å². The fraction of sp³-hybridized carbons (Fsp3) is 1.00. The third kappa shape index (κ3) is 3.46. The van der Waals surface area contributed by atoms with Gasteiger partial charge in [0.05, 0.1) is 6.10 Å². The maximum absolute atomic E-state index is 10.0. The summed E-state index contributed by atoms with van der Waals surface area (Å²) in [6.07, 6.45) is 9.81. The number of rotatable bonds is 4. The van der Waals surface area contributed by atoms with Gasteiger partial charge in [-0.2, -0.15) is 0 Å². The van der Waals surface area contributed by atoms with Gasteiger partial charge in [-0.05, 0) is 50.4 Å². The first kappa shape index (κ1) is 11.4. The average molecular weight is 212 g/mol. The van der Waals surface area contributed by atoms with Crippen molar-refractivity contribution in [1.82, 2.24) is 0 Å². The summed E-state index contributed by atoms with van der Waals surface area (Å²) < 4.78 is 5.34. The predicted molar refractivity (Wildman–Crippen MR) is 60.7 cm³/mol. The van der Waals surface area contributed by atoms with Crippen molar-refractivity contribution >= 4 is 0 Å². The van der Waals surface area contributed by atoms with Crippen molar-refractivity contribution in [3.63, 3.8) is 0 Å². The van der Waals surface area contributed by atoms with Crippen LogP contribution in [0.4, 0.5) is 0 Å². The molecule has 1 heterocycles. The van der Waals surface area contributed by atoms with Gasteiger partial charge in [0.15, 0.2) is 0 Å². The second-order valence-corrected chi connectivity index (χ2v) is 5.24. The Kier molecular flexibility index (Phi) is 4.45. The molecular weight excluding hydrogens is 188 g/mol. The van der Waals surface area contributed by atoms with E-state index in [0.717, 1.165) is 25.6 Å². The molecule has 2 nitrogen and oxygen atoms in total. The standard InChI is InChI=1S/C13H24O2/c14-13(12-3-1-2-4-12)6-5-11-7-9-15-10-8-11/h11-14H,1-10H2. The van der Waals surface area contributed by atoms with E-state index in [-0.39, 0.29) is 6.10 Å². The summed E-state index contributed by atoms with van der Waals surface area (Å²) in [5.41, 5.74) is 0. The van der Waals surface area contributed by atoms with Crippen LogP contribution >= 0.6 is 0 Å². The first-order valence-electron chi connectivity index (χ1n) is 6.62. The van der Waals surface area contributed by atoms with Gasteiger partial charge in [-0.25, -0.2) is 0 Å². The van der Waals surface area contributed by atoms with Crippen molar-refractivity contribution in [2.45, 2.75) is 57.5 Å². The maximum Gasteiger partial charge on any atom is 0.0568 e. The van der Waals surface area contributed by atoms with Crippen molar-refractivity contribution in [3.05, 3.63) is 0 Å². The molecule has 1 saturated heterocycles. The largest absolute Gasteiger partial charge is 0.393 e. The normalized spacial score (nSPS) is 27.0. The van der Waals surface area contributed by atoms with Crippen molar-refractivity contribution in [1.29, 1.82) is 0 Å². The van der Waals surface area contributed by atoms with Gasteiger partial charge in [0.25, 0.3) is 0 Å². The summed E-state index contributed by atoms with van der Waals surface area (Å²) in [5, 5.41) is 10.0. The maximum atomic E-state index is 10.0. The van der Waals surface area contributed by atoms with Crippen LogP contribution in [0.2, 0.25) is 0 Å². The van der Waals surface area contributed by atoms with Crippen LogP contribution in [0.25, 0.3) is 0 Å². The molecule has 0 aromatic rings. The Hall–Kier alpha value is -0.0800. The summed E-state index contributed by atoms with van der Waals surface area (Å²) in [5.74, 6) is 1.43. The first-order chi connectivity index (χ1) is 7.36. The number of hydrogen-bond donors (Lipinski definition) is 1. The minimum atomic E-state index is -0.0182. The highest BCUT2D eigenvalue weighted by Gasteiger charge is 2.24. The molecule has 0 amide bonds. The van der Waals surface area contributed by atoms with E-state index in [0.29, 0.717) is 5.92 Å². The molecule has 1 saturated carbocycles. The van der Waals surface area contributed by atoms with Gasteiger partial charge in [0.2, 0.25) is 0 Å². The highest BCUT2D eigenvalue weighted by atomic mass is 16.5. The molecule has 0 aromatic carbocycles. The Bertz CT molecular complexity index is 169. The van der Waals surface area contributed by atoms with E-state index < -0.39 is 0 Å². The van der Waals surface area contributed by atoms with Crippen molar-refractivity contribution in [2.24, 2.45) is 11.8 Å². The molecule has 0 aromatic heterocycles. The molecule has 15 heavy (non-hydrogen) atoms. The van der Waals surface area contributed by atoms with E-state index >= 15 is 0 Å². The van der Waals surface area contributed by atoms with Gasteiger partial charge >= 0.3 is 0 Å². The molecule has 2 aliphatic rings. The lowest BCUT2D eigenvalue weighted by atomic mass is 9.89. The van der Waals surface area contributed by atoms with E-state index in [4.69, 9.17) is 4.74 Å². The Morgan fingerprint density at radius 1 is 1.07 bits per heavy atom. The summed E-state index contributed by atoms with van der Waals surface area (Å²) in [7, 11) is 0. The van der Waals surface area contributed by atoms with Gasteiger partial charge < -0.3 is 9.84 Å². The Morgan fingerprint density at radius 3 is 2.40 bits per heavy atom. The molecule has 0 bridgehead atoms. The lowest BCUT2D eigenvalue weighted by Gasteiger charge is -2.24. The van der Waals surface area contributed by atoms with Gasteiger partial charge in [-0.15, -0.1) is 0 Å². The first-order valence-corrected chi connectivity index (χ1v) is 6.62. The van der Waals surface area contributed by atoms with Gasteiger partial charge in [-0.1, -0.05) is 12.8 Å². The molecule has 2 rings (SSSR count). The summed E-state index contributed by atoms with van der Waals surface area (Å²) in [6, 6.07) is 0. The number of aliphatic hydroxyl groups is 1. The van der Waals surface area contributed by atoms with E-state index in [1.807, 2.05) is 0 Å². The average Bonchev–Trinajstić information content (AvgIpc) is 2.81. The van der Waals surface area contributed by atoms with Crippen molar-refractivity contribution < 1.29 is 9.84 Å². The zero-order chi connectivity index (χ0) is 10.5. The Morgan fingerprint density at radius 2 is 1.73 bits per heavy atom.